The number of esters is 1. The van der Waals surface area contributed by atoms with Crippen molar-refractivity contribution < 1.29 is 17.9 Å². The molecule has 86 valence electrons. The zero-order valence-corrected chi connectivity index (χ0v) is 9.82. The Bertz CT molecular complexity index is 497. The molecule has 1 rings (SSSR count). The van der Waals surface area contributed by atoms with Gasteiger partial charge >= 0.3 is 5.97 Å². The molecule has 0 saturated carbocycles. The minimum Gasteiger partial charge on any atom is -0.466 e. The van der Waals surface area contributed by atoms with Crippen LogP contribution in [0.2, 0.25) is 0 Å². The lowest BCUT2D eigenvalue weighted by atomic mass is 10.2. The molecule has 5 heteroatoms. The SMILES string of the molecule is COC(=O)/C=C/c1ccc(S(C)(=O)=O)cc1. The highest BCUT2D eigenvalue weighted by Crippen LogP contribution is 2.11. The van der Waals surface area contributed by atoms with Gasteiger partial charge in [-0.3, -0.25) is 0 Å². The predicted molar refractivity (Wildman–Crippen MR) is 60.6 cm³/mol. The number of hydrogen-bond acceptors (Lipinski definition) is 4. The lowest BCUT2D eigenvalue weighted by molar-refractivity contribution is -0.134. The maximum Gasteiger partial charge on any atom is 0.330 e. The number of ether oxygens (including phenoxy) is 1. The van der Waals surface area contributed by atoms with Crippen LogP contribution in [0.3, 0.4) is 0 Å². The van der Waals surface area contributed by atoms with Gasteiger partial charge in [0.05, 0.1) is 12.0 Å². The molecule has 0 saturated heterocycles. The van der Waals surface area contributed by atoms with Gasteiger partial charge in [0, 0.05) is 12.3 Å². The second kappa shape index (κ2) is 4.94. The summed E-state index contributed by atoms with van der Waals surface area (Å²) in [7, 11) is -1.88. The van der Waals surface area contributed by atoms with Gasteiger partial charge in [0.15, 0.2) is 9.84 Å². The maximum atomic E-state index is 11.2. The van der Waals surface area contributed by atoms with Gasteiger partial charge in [0.2, 0.25) is 0 Å². The van der Waals surface area contributed by atoms with Gasteiger partial charge in [-0.05, 0) is 23.8 Å². The molecule has 0 spiro atoms. The molecule has 0 radical (unpaired) electrons. The van der Waals surface area contributed by atoms with E-state index in [-0.39, 0.29) is 4.90 Å². The molecular weight excluding hydrogens is 228 g/mol. The summed E-state index contributed by atoms with van der Waals surface area (Å²) >= 11 is 0. The first-order valence-electron chi connectivity index (χ1n) is 4.49. The molecule has 0 amide bonds. The van der Waals surface area contributed by atoms with Gasteiger partial charge < -0.3 is 4.74 Å². The fourth-order valence-electron chi connectivity index (χ4n) is 1.06. The largest absolute Gasteiger partial charge is 0.466 e. The van der Waals surface area contributed by atoms with Crippen LogP contribution in [0.25, 0.3) is 6.08 Å². The highest BCUT2D eigenvalue weighted by atomic mass is 32.2. The van der Waals surface area contributed by atoms with E-state index in [1.807, 2.05) is 0 Å². The van der Waals surface area contributed by atoms with Crippen LogP contribution in [0.1, 0.15) is 5.56 Å². The summed E-state index contributed by atoms with van der Waals surface area (Å²) in [6.45, 7) is 0. The van der Waals surface area contributed by atoms with Crippen molar-refractivity contribution in [2.24, 2.45) is 0 Å². The number of carbonyl (C=O) groups is 1. The van der Waals surface area contributed by atoms with Crippen molar-refractivity contribution >= 4 is 21.9 Å². The number of rotatable bonds is 3. The van der Waals surface area contributed by atoms with Crippen LogP contribution >= 0.6 is 0 Å². The lowest BCUT2D eigenvalue weighted by Gasteiger charge is -1.98. The third-order valence-electron chi connectivity index (χ3n) is 1.92. The molecule has 16 heavy (non-hydrogen) atoms. The zero-order chi connectivity index (χ0) is 12.2. The first-order chi connectivity index (χ1) is 7.43. The summed E-state index contributed by atoms with van der Waals surface area (Å²) in [5.41, 5.74) is 0.734. The Morgan fingerprint density at radius 2 is 1.81 bits per heavy atom. The topological polar surface area (TPSA) is 60.4 Å². The van der Waals surface area contributed by atoms with E-state index in [0.717, 1.165) is 11.8 Å². The number of methoxy groups -OCH3 is 1. The van der Waals surface area contributed by atoms with Gasteiger partial charge in [0.1, 0.15) is 0 Å². The number of benzene rings is 1. The summed E-state index contributed by atoms with van der Waals surface area (Å²) in [6.07, 6.45) is 3.97. The van der Waals surface area contributed by atoms with Crippen LogP contribution in [0.15, 0.2) is 35.2 Å². The zero-order valence-electron chi connectivity index (χ0n) is 9.01. The van der Waals surface area contributed by atoms with Crippen molar-refractivity contribution in [3.63, 3.8) is 0 Å². The van der Waals surface area contributed by atoms with Crippen LogP contribution < -0.4 is 0 Å². The Hall–Kier alpha value is -1.62. The highest BCUT2D eigenvalue weighted by Gasteiger charge is 2.05. The second-order valence-corrected chi connectivity index (χ2v) is 5.21. The van der Waals surface area contributed by atoms with Crippen LogP contribution in [0.4, 0.5) is 0 Å². The van der Waals surface area contributed by atoms with Crippen LogP contribution in [0.5, 0.6) is 0 Å². The molecule has 0 aliphatic heterocycles. The first-order valence-corrected chi connectivity index (χ1v) is 6.39. The highest BCUT2D eigenvalue weighted by molar-refractivity contribution is 7.90. The number of carbonyl (C=O) groups excluding carboxylic acids is 1. The molecule has 0 aromatic heterocycles. The fraction of sp³-hybridized carbons (Fsp3) is 0.182. The smallest absolute Gasteiger partial charge is 0.330 e. The number of hydrogen-bond donors (Lipinski definition) is 0. The van der Waals surface area contributed by atoms with Crippen molar-refractivity contribution in [2.75, 3.05) is 13.4 Å². The Labute approximate surface area is 94.5 Å². The summed E-state index contributed by atoms with van der Waals surface area (Å²) in [5.74, 6) is -0.452. The van der Waals surface area contributed by atoms with E-state index in [9.17, 15) is 13.2 Å². The maximum absolute atomic E-state index is 11.2. The molecule has 0 heterocycles. The Kier molecular flexibility index (Phi) is 3.84. The summed E-state index contributed by atoms with van der Waals surface area (Å²) in [4.78, 5) is 11.1. The normalized spacial score (nSPS) is 11.6. The molecule has 0 N–H and O–H groups in total. The molecule has 1 aromatic rings. The molecule has 4 nitrogen and oxygen atoms in total. The monoisotopic (exact) mass is 240 g/mol. The summed E-state index contributed by atoms with van der Waals surface area (Å²) in [5, 5.41) is 0. The van der Waals surface area contributed by atoms with E-state index in [1.54, 1.807) is 18.2 Å². The lowest BCUT2D eigenvalue weighted by Crippen LogP contribution is -1.96. The Morgan fingerprint density at radius 3 is 2.25 bits per heavy atom. The summed E-state index contributed by atoms with van der Waals surface area (Å²) < 4.78 is 26.8. The van der Waals surface area contributed by atoms with Gasteiger partial charge in [-0.25, -0.2) is 13.2 Å². The minimum atomic E-state index is -3.17. The second-order valence-electron chi connectivity index (χ2n) is 3.20. The molecular formula is C11H12O4S. The summed E-state index contributed by atoms with van der Waals surface area (Å²) in [6, 6.07) is 6.23. The van der Waals surface area contributed by atoms with E-state index in [1.165, 1.54) is 25.3 Å². The quantitative estimate of drug-likeness (QED) is 0.589. The molecule has 1 aromatic carbocycles. The van der Waals surface area contributed by atoms with Gasteiger partial charge in [0.25, 0.3) is 0 Å². The van der Waals surface area contributed by atoms with Crippen molar-refractivity contribution in [1.29, 1.82) is 0 Å². The average Bonchev–Trinajstić information content (AvgIpc) is 2.25. The Balaban J connectivity index is 2.88. The van der Waals surface area contributed by atoms with E-state index in [4.69, 9.17) is 0 Å². The molecule has 0 unspecified atom stereocenters. The van der Waals surface area contributed by atoms with Gasteiger partial charge in [-0.1, -0.05) is 12.1 Å². The standard InChI is InChI=1S/C11H12O4S/c1-15-11(12)8-5-9-3-6-10(7-4-9)16(2,13)14/h3-8H,1-2H3/b8-5+. The molecule has 0 atom stereocenters. The van der Waals surface area contributed by atoms with Crippen molar-refractivity contribution in [1.82, 2.24) is 0 Å². The fourth-order valence-corrected chi connectivity index (χ4v) is 1.69. The van der Waals surface area contributed by atoms with Crippen molar-refractivity contribution in [3.8, 4) is 0 Å². The van der Waals surface area contributed by atoms with Crippen LogP contribution in [-0.4, -0.2) is 27.8 Å². The van der Waals surface area contributed by atoms with Gasteiger partial charge in [-0.15, -0.1) is 0 Å². The minimum absolute atomic E-state index is 0.253. The van der Waals surface area contributed by atoms with E-state index in [0.29, 0.717) is 0 Å². The third-order valence-corrected chi connectivity index (χ3v) is 3.05. The molecule has 0 fully saturated rings. The van der Waals surface area contributed by atoms with E-state index in [2.05, 4.69) is 4.74 Å². The van der Waals surface area contributed by atoms with Crippen molar-refractivity contribution in [2.45, 2.75) is 4.90 Å². The third kappa shape index (κ3) is 3.51. The van der Waals surface area contributed by atoms with Gasteiger partial charge in [-0.2, -0.15) is 0 Å². The average molecular weight is 240 g/mol. The van der Waals surface area contributed by atoms with E-state index >= 15 is 0 Å². The van der Waals surface area contributed by atoms with Crippen LogP contribution in [0, 0.1) is 0 Å². The van der Waals surface area contributed by atoms with Crippen LogP contribution in [-0.2, 0) is 19.4 Å². The predicted octanol–water partition coefficient (Wildman–Crippen LogP) is 1.28. The van der Waals surface area contributed by atoms with Crippen molar-refractivity contribution in [3.05, 3.63) is 35.9 Å². The first kappa shape index (κ1) is 12.4. The molecule has 0 aliphatic rings. The Morgan fingerprint density at radius 1 is 1.25 bits per heavy atom. The number of sulfone groups is 1. The molecule has 0 bridgehead atoms. The van der Waals surface area contributed by atoms with E-state index < -0.39 is 15.8 Å². The molecule has 0 aliphatic carbocycles.